The molecule has 2 aliphatic heterocycles. The van der Waals surface area contributed by atoms with Gasteiger partial charge in [0.15, 0.2) is 0 Å². The van der Waals surface area contributed by atoms with Crippen LogP contribution in [0.2, 0.25) is 0 Å². The summed E-state index contributed by atoms with van der Waals surface area (Å²) in [7, 11) is 3.28. The minimum absolute atomic E-state index is 0.0295. The van der Waals surface area contributed by atoms with Crippen molar-refractivity contribution < 1.29 is 27.8 Å². The number of halogens is 3. The molecule has 13 heteroatoms. The molecule has 3 N–H and O–H groups in total. The number of anilines is 1. The van der Waals surface area contributed by atoms with Crippen LogP contribution in [-0.4, -0.2) is 83.9 Å². The summed E-state index contributed by atoms with van der Waals surface area (Å²) in [6, 6.07) is 7.50. The van der Waals surface area contributed by atoms with Crippen LogP contribution in [0, 0.1) is 17.2 Å². The van der Waals surface area contributed by atoms with Crippen molar-refractivity contribution in [2.24, 2.45) is 27.1 Å². The molecular formula is C49H64F3N7O3. The summed E-state index contributed by atoms with van der Waals surface area (Å²) in [5.74, 6) is -3.58. The van der Waals surface area contributed by atoms with E-state index in [4.69, 9.17) is 30.4 Å². The molecule has 6 rings (SSSR count). The smallest absolute Gasteiger partial charge is 0.318 e. The minimum Gasteiger partial charge on any atom is -0.508 e. The Hall–Kier alpha value is -5.20. The lowest BCUT2D eigenvalue weighted by molar-refractivity contribution is -0.124. The second kappa shape index (κ2) is 19.5. The number of carbonyl (C=O) groups excluding carboxylic acids is 1. The number of ether oxygens (including phenoxy) is 1. The molecule has 0 saturated heterocycles. The highest BCUT2D eigenvalue weighted by atomic mass is 19.3. The largest absolute Gasteiger partial charge is 0.508 e. The average Bonchev–Trinajstić information content (AvgIpc) is 3.46. The van der Waals surface area contributed by atoms with Crippen molar-refractivity contribution >= 4 is 45.2 Å². The number of aryl methyl sites for hydroxylation is 1. The standard InChI is InChI=1S/C49H64F3N7O3/c1-9-12-14-19-48(5,18-13-10-2)29-62-47-56-40-26-36(35-25-33(60)23-31-16-17-38(50)34(11-3)42(31)35)44-37(22-30(4)41(55-44)27-49(6,51)52)43(40)45(57-47)59-21-15-20-54-32(28-59)24-39(53)46(61)58(7)8/h16-17,22-26,30,41,60H,9-15,18-21,27-29,53H2,1-8H3/b39-24-. The lowest BCUT2D eigenvalue weighted by Crippen LogP contribution is -2.40. The Morgan fingerprint density at radius 2 is 1.77 bits per heavy atom. The highest BCUT2D eigenvalue weighted by Gasteiger charge is 2.33. The van der Waals surface area contributed by atoms with E-state index in [-0.39, 0.29) is 41.1 Å². The molecule has 334 valence electrons. The molecule has 62 heavy (non-hydrogen) atoms. The number of rotatable bonds is 17. The number of aromatic nitrogens is 2. The summed E-state index contributed by atoms with van der Waals surface area (Å²) in [6.45, 7) is 13.0. The van der Waals surface area contributed by atoms with Gasteiger partial charge in [0.05, 0.1) is 46.9 Å². The second-order valence-corrected chi connectivity index (χ2v) is 18.0. The summed E-state index contributed by atoms with van der Waals surface area (Å²) >= 11 is 0. The molecule has 10 nitrogen and oxygen atoms in total. The Kier molecular flexibility index (Phi) is 14.5. The fraction of sp³-hybridized carbons (Fsp3) is 0.531. The maximum atomic E-state index is 15.6. The van der Waals surface area contributed by atoms with Crippen LogP contribution in [0.1, 0.15) is 105 Å². The molecule has 0 radical (unpaired) electrons. The number of nitrogens with zero attached hydrogens (tertiary/aromatic N) is 6. The Bertz CT molecular complexity index is 2480. The molecule has 0 aliphatic carbocycles. The number of hydrogen-bond donors (Lipinski definition) is 2. The monoisotopic (exact) mass is 856 g/mol. The number of phenolic OH excluding ortho intramolecular Hbond substituents is 1. The van der Waals surface area contributed by atoms with E-state index in [9.17, 15) is 18.7 Å². The zero-order valence-electron chi connectivity index (χ0n) is 37.8. The van der Waals surface area contributed by atoms with Crippen LogP contribution in [0.4, 0.5) is 19.0 Å². The van der Waals surface area contributed by atoms with E-state index in [0.29, 0.717) is 93.0 Å². The van der Waals surface area contributed by atoms with Crippen molar-refractivity contribution in [2.45, 2.75) is 118 Å². The maximum Gasteiger partial charge on any atom is 0.318 e. The first-order chi connectivity index (χ1) is 29.4. The van der Waals surface area contributed by atoms with Crippen LogP contribution in [0.5, 0.6) is 11.8 Å². The van der Waals surface area contributed by atoms with Crippen molar-refractivity contribution in [1.29, 1.82) is 0 Å². The predicted octanol–water partition coefficient (Wildman–Crippen LogP) is 9.06. The number of aromatic hydroxyl groups is 1. The average molecular weight is 856 g/mol. The number of aliphatic imine (C=N–C) groups is 1. The van der Waals surface area contributed by atoms with Gasteiger partial charge in [-0.3, -0.25) is 14.8 Å². The van der Waals surface area contributed by atoms with Gasteiger partial charge in [-0.1, -0.05) is 78.9 Å². The van der Waals surface area contributed by atoms with Crippen LogP contribution in [0.25, 0.3) is 38.9 Å². The molecule has 0 fully saturated rings. The fourth-order valence-corrected chi connectivity index (χ4v) is 8.88. The van der Waals surface area contributed by atoms with Gasteiger partial charge in [0.2, 0.25) is 5.92 Å². The number of hydrogen-bond acceptors (Lipinski definition) is 9. The van der Waals surface area contributed by atoms with Crippen molar-refractivity contribution in [3.63, 3.8) is 0 Å². The topological polar surface area (TPSA) is 130 Å². The van der Waals surface area contributed by atoms with Crippen LogP contribution in [0.15, 0.2) is 52.1 Å². The molecule has 1 amide bonds. The van der Waals surface area contributed by atoms with Gasteiger partial charge in [-0.2, -0.15) is 9.97 Å². The van der Waals surface area contributed by atoms with Crippen LogP contribution >= 0.6 is 0 Å². The van der Waals surface area contributed by atoms with E-state index < -0.39 is 24.3 Å². The van der Waals surface area contributed by atoms with E-state index in [2.05, 4.69) is 25.7 Å². The zero-order valence-corrected chi connectivity index (χ0v) is 37.8. The SMILES string of the molecule is CCCCCC(C)(CCCC)COc1nc(N2CCCN=C(/C=C(\N)C(=O)N(C)C)C2)c2c3c(c(-c4cc(O)cc5ccc(F)c(CC)c45)cc2n1)=NC(CC(C)(F)F)C(C)C=3. The number of carbonyl (C=O) groups is 1. The Morgan fingerprint density at radius 3 is 2.47 bits per heavy atom. The normalized spacial score (nSPS) is 18.1. The zero-order chi connectivity index (χ0) is 44.9. The third-order valence-electron chi connectivity index (χ3n) is 12.2. The van der Waals surface area contributed by atoms with E-state index in [1.54, 1.807) is 38.4 Å². The molecule has 2 aliphatic rings. The lowest BCUT2D eigenvalue weighted by atomic mass is 9.81. The van der Waals surface area contributed by atoms with Crippen LogP contribution in [0.3, 0.4) is 0 Å². The molecule has 3 aromatic carbocycles. The number of amides is 1. The third-order valence-corrected chi connectivity index (χ3v) is 12.2. The Balaban J connectivity index is 1.66. The number of fused-ring (bicyclic) bond motifs is 4. The van der Waals surface area contributed by atoms with Crippen molar-refractivity contribution in [1.82, 2.24) is 14.9 Å². The summed E-state index contributed by atoms with van der Waals surface area (Å²) in [5, 5.41) is 14.1. The molecule has 0 bridgehead atoms. The minimum atomic E-state index is -2.99. The highest BCUT2D eigenvalue weighted by molar-refractivity contribution is 6.07. The summed E-state index contributed by atoms with van der Waals surface area (Å²) in [4.78, 5) is 36.5. The number of alkyl halides is 2. The fourth-order valence-electron chi connectivity index (χ4n) is 8.88. The van der Waals surface area contributed by atoms with Crippen molar-refractivity contribution in [3.05, 3.63) is 64.1 Å². The molecular weight excluding hydrogens is 792 g/mol. The Morgan fingerprint density at radius 1 is 1.03 bits per heavy atom. The van der Waals surface area contributed by atoms with Crippen molar-refractivity contribution in [3.8, 4) is 22.9 Å². The van der Waals surface area contributed by atoms with Gasteiger partial charge in [-0.15, -0.1) is 0 Å². The number of likely N-dealkylation sites (N-methyl/N-ethyl adjacent to an activating group) is 1. The maximum absolute atomic E-state index is 15.6. The Labute approximate surface area is 363 Å². The van der Waals surface area contributed by atoms with Crippen LogP contribution < -0.4 is 25.9 Å². The number of benzene rings is 3. The summed E-state index contributed by atoms with van der Waals surface area (Å²) in [5.41, 5.74) is 8.86. The third kappa shape index (κ3) is 10.5. The number of unbranched alkanes of at least 4 members (excludes halogenated alkanes) is 3. The molecule has 0 spiro atoms. The van der Waals surface area contributed by atoms with E-state index >= 15 is 4.39 Å². The number of phenols is 1. The quantitative estimate of drug-likeness (QED) is 0.0801. The van der Waals surface area contributed by atoms with Gasteiger partial charge < -0.3 is 25.4 Å². The van der Waals surface area contributed by atoms with E-state index in [0.717, 1.165) is 51.9 Å². The molecule has 3 unspecified atom stereocenters. The number of nitrogens with two attached hydrogens (primary N) is 1. The summed E-state index contributed by atoms with van der Waals surface area (Å²) < 4.78 is 52.0. The molecule has 1 aromatic heterocycles. The van der Waals surface area contributed by atoms with Crippen molar-refractivity contribution in [2.75, 3.05) is 45.2 Å². The van der Waals surface area contributed by atoms with Gasteiger partial charge in [-0.25, -0.2) is 13.2 Å². The van der Waals surface area contributed by atoms with E-state index in [1.807, 2.05) is 26.0 Å². The summed E-state index contributed by atoms with van der Waals surface area (Å²) in [6.07, 6.45) is 11.6. The van der Waals surface area contributed by atoms with E-state index in [1.165, 1.54) is 11.0 Å². The van der Waals surface area contributed by atoms with Gasteiger partial charge in [0.1, 0.15) is 17.4 Å². The second-order valence-electron chi connectivity index (χ2n) is 18.0. The molecule has 3 atom stereocenters. The first kappa shape index (κ1) is 46.3. The van der Waals surface area contributed by atoms with Gasteiger partial charge >= 0.3 is 6.01 Å². The van der Waals surface area contributed by atoms with Gasteiger partial charge in [0.25, 0.3) is 5.91 Å². The highest BCUT2D eigenvalue weighted by Crippen LogP contribution is 2.38. The van der Waals surface area contributed by atoms with Gasteiger partial charge in [0, 0.05) is 49.8 Å². The molecule has 3 heterocycles. The van der Waals surface area contributed by atoms with Crippen LogP contribution in [-0.2, 0) is 11.2 Å². The van der Waals surface area contributed by atoms with Gasteiger partial charge in [-0.05, 0) is 90.8 Å². The predicted molar refractivity (Wildman–Crippen MR) is 244 cm³/mol. The molecule has 4 aromatic rings. The molecule has 0 saturated carbocycles. The first-order valence-corrected chi connectivity index (χ1v) is 22.3. The first-order valence-electron chi connectivity index (χ1n) is 22.3. The lowest BCUT2D eigenvalue weighted by Gasteiger charge is -2.30.